The molecule has 5 rings (SSSR count). The van der Waals surface area contributed by atoms with Gasteiger partial charge in [-0.2, -0.15) is 0 Å². The molecule has 1 aliphatic carbocycles. The Morgan fingerprint density at radius 2 is 1.81 bits per heavy atom. The Kier molecular flexibility index (Phi) is 3.49. The number of allylic oxidation sites excluding steroid dienone is 4. The molecule has 0 saturated carbocycles. The predicted molar refractivity (Wildman–Crippen MR) is 112 cm³/mol. The molecule has 0 atom stereocenters. The van der Waals surface area contributed by atoms with Gasteiger partial charge in [0.15, 0.2) is 0 Å². The van der Waals surface area contributed by atoms with Crippen LogP contribution in [-0.2, 0) is 6.42 Å². The van der Waals surface area contributed by atoms with Crippen molar-refractivity contribution in [2.45, 2.75) is 33.1 Å². The highest BCUT2D eigenvalue weighted by atomic mass is 14.9. The van der Waals surface area contributed by atoms with E-state index in [1.54, 1.807) is 0 Å². The van der Waals surface area contributed by atoms with Crippen LogP contribution in [0.4, 0.5) is 5.69 Å². The molecule has 3 aromatic rings. The highest BCUT2D eigenvalue weighted by Gasteiger charge is 2.24. The Labute approximate surface area is 155 Å². The first-order chi connectivity index (χ1) is 12.8. The van der Waals surface area contributed by atoms with Gasteiger partial charge in [-0.25, -0.2) is 0 Å². The van der Waals surface area contributed by atoms with Crippen LogP contribution in [0.1, 0.15) is 36.5 Å². The van der Waals surface area contributed by atoms with Gasteiger partial charge in [-0.05, 0) is 65.5 Å². The van der Waals surface area contributed by atoms with Crippen molar-refractivity contribution in [3.63, 3.8) is 0 Å². The molecule has 1 N–H and O–H groups in total. The first-order valence-corrected chi connectivity index (χ1v) is 9.59. The van der Waals surface area contributed by atoms with Gasteiger partial charge in [-0.15, -0.1) is 0 Å². The summed E-state index contributed by atoms with van der Waals surface area (Å²) in [5, 5.41) is 6.55. The third-order valence-corrected chi connectivity index (χ3v) is 5.80. The van der Waals surface area contributed by atoms with Gasteiger partial charge in [0.05, 0.1) is 5.69 Å². The van der Waals surface area contributed by atoms with E-state index in [1.807, 2.05) is 0 Å². The Morgan fingerprint density at radius 1 is 0.962 bits per heavy atom. The lowest BCUT2D eigenvalue weighted by Crippen LogP contribution is -2.13. The number of rotatable bonds is 2. The summed E-state index contributed by atoms with van der Waals surface area (Å²) in [6.45, 7) is 4.48. The molecular weight excluding hydrogens is 314 g/mol. The highest BCUT2D eigenvalue weighted by Crippen LogP contribution is 2.46. The molecule has 0 fully saturated rings. The number of hydrogen-bond acceptors (Lipinski definition) is 1. The van der Waals surface area contributed by atoms with Crippen LogP contribution in [-0.4, -0.2) is 0 Å². The molecule has 26 heavy (non-hydrogen) atoms. The van der Waals surface area contributed by atoms with Crippen molar-refractivity contribution in [1.82, 2.24) is 0 Å². The summed E-state index contributed by atoms with van der Waals surface area (Å²) in [5.74, 6) is 0. The Morgan fingerprint density at radius 3 is 2.65 bits per heavy atom. The average Bonchev–Trinajstić information content (AvgIpc) is 2.68. The molecule has 1 aliphatic heterocycles. The van der Waals surface area contributed by atoms with E-state index in [1.165, 1.54) is 55.5 Å². The number of benzene rings is 3. The van der Waals surface area contributed by atoms with Crippen molar-refractivity contribution < 1.29 is 0 Å². The molecule has 2 aliphatic rings. The maximum atomic E-state index is 3.84. The largest absolute Gasteiger partial charge is 0.358 e. The summed E-state index contributed by atoms with van der Waals surface area (Å²) in [4.78, 5) is 0. The molecule has 0 saturated heterocycles. The van der Waals surface area contributed by atoms with Crippen molar-refractivity contribution in [2.24, 2.45) is 0 Å². The zero-order valence-corrected chi connectivity index (χ0v) is 15.4. The molecule has 128 valence electrons. The zero-order chi connectivity index (χ0) is 17.7. The molecule has 0 bridgehead atoms. The van der Waals surface area contributed by atoms with Gasteiger partial charge in [0, 0.05) is 16.7 Å². The highest BCUT2D eigenvalue weighted by molar-refractivity contribution is 6.11. The van der Waals surface area contributed by atoms with E-state index in [0.29, 0.717) is 0 Å². The minimum absolute atomic E-state index is 1.02. The van der Waals surface area contributed by atoms with Crippen LogP contribution >= 0.6 is 0 Å². The van der Waals surface area contributed by atoms with Crippen LogP contribution in [0.15, 0.2) is 66.4 Å². The van der Waals surface area contributed by atoms with Crippen LogP contribution in [0.3, 0.4) is 0 Å². The van der Waals surface area contributed by atoms with E-state index in [2.05, 4.69) is 79.8 Å². The summed E-state index contributed by atoms with van der Waals surface area (Å²) in [6.07, 6.45) is 7.83. The number of nitrogens with one attached hydrogen (secondary N) is 1. The minimum Gasteiger partial charge on any atom is -0.358 e. The third kappa shape index (κ3) is 2.17. The van der Waals surface area contributed by atoms with Gasteiger partial charge in [-0.3, -0.25) is 0 Å². The first-order valence-electron chi connectivity index (χ1n) is 9.59. The van der Waals surface area contributed by atoms with Gasteiger partial charge < -0.3 is 5.32 Å². The second-order valence-electron chi connectivity index (χ2n) is 7.31. The fourth-order valence-electron chi connectivity index (χ4n) is 4.54. The minimum atomic E-state index is 1.02. The maximum absolute atomic E-state index is 3.84. The molecular formula is C25H23N. The van der Waals surface area contributed by atoms with Gasteiger partial charge >= 0.3 is 0 Å². The van der Waals surface area contributed by atoms with E-state index < -0.39 is 0 Å². The summed E-state index contributed by atoms with van der Waals surface area (Å²) < 4.78 is 0. The Bertz CT molecular complexity index is 1100. The van der Waals surface area contributed by atoms with Crippen molar-refractivity contribution in [3.05, 3.63) is 83.1 Å². The van der Waals surface area contributed by atoms with Crippen LogP contribution in [0.25, 0.3) is 27.5 Å². The van der Waals surface area contributed by atoms with Crippen LogP contribution in [0.5, 0.6) is 0 Å². The summed E-state index contributed by atoms with van der Waals surface area (Å²) >= 11 is 0. The normalized spacial score (nSPS) is 15.2. The quantitative estimate of drug-likeness (QED) is 0.538. The fraction of sp³-hybridized carbons (Fsp3) is 0.200. The third-order valence-electron chi connectivity index (χ3n) is 5.80. The van der Waals surface area contributed by atoms with Crippen molar-refractivity contribution in [1.29, 1.82) is 0 Å². The van der Waals surface area contributed by atoms with E-state index in [9.17, 15) is 0 Å². The van der Waals surface area contributed by atoms with Gasteiger partial charge in [0.25, 0.3) is 0 Å². The number of fused-ring (bicyclic) bond motifs is 1. The second kappa shape index (κ2) is 5.88. The van der Waals surface area contributed by atoms with E-state index in [0.717, 1.165) is 19.3 Å². The lowest BCUT2D eigenvalue weighted by molar-refractivity contribution is 0.967. The SMILES string of the molecule is CCc1c(-c2ccccc2C)cc2cccc3c2c1NC1=C3C=CCC1. The van der Waals surface area contributed by atoms with Gasteiger partial charge in [0.1, 0.15) is 0 Å². The monoisotopic (exact) mass is 337 g/mol. The lowest BCUT2D eigenvalue weighted by atomic mass is 9.83. The lowest BCUT2D eigenvalue weighted by Gasteiger charge is -2.29. The summed E-state index contributed by atoms with van der Waals surface area (Å²) in [6, 6.07) is 17.9. The van der Waals surface area contributed by atoms with E-state index in [-0.39, 0.29) is 0 Å². The molecule has 0 radical (unpaired) electrons. The molecule has 1 heteroatoms. The van der Waals surface area contributed by atoms with Crippen LogP contribution < -0.4 is 5.32 Å². The fourth-order valence-corrected chi connectivity index (χ4v) is 4.54. The molecule has 0 unspecified atom stereocenters. The van der Waals surface area contributed by atoms with E-state index in [4.69, 9.17) is 0 Å². The molecule has 0 spiro atoms. The Hall–Kier alpha value is -2.80. The van der Waals surface area contributed by atoms with Gasteiger partial charge in [-0.1, -0.05) is 61.5 Å². The predicted octanol–water partition coefficient (Wildman–Crippen LogP) is 6.86. The molecule has 1 heterocycles. The Balaban J connectivity index is 1.87. The molecule has 0 amide bonds. The standard InChI is InChI=1S/C25H23N/c1-3-18-22(19-11-5-4-9-16(19)2)15-17-10-8-13-21-20-12-6-7-14-23(20)26-25(18)24(17)21/h4-6,8-13,15,26H,3,7,14H2,1-2H3. The zero-order valence-electron chi connectivity index (χ0n) is 15.4. The molecule has 3 aromatic carbocycles. The van der Waals surface area contributed by atoms with Gasteiger partial charge in [0.2, 0.25) is 0 Å². The maximum Gasteiger partial charge on any atom is 0.0506 e. The number of anilines is 1. The molecule has 0 aromatic heterocycles. The average molecular weight is 337 g/mol. The van der Waals surface area contributed by atoms with Crippen LogP contribution in [0.2, 0.25) is 0 Å². The second-order valence-corrected chi connectivity index (χ2v) is 7.31. The van der Waals surface area contributed by atoms with Crippen molar-refractivity contribution in [2.75, 3.05) is 5.32 Å². The molecule has 1 nitrogen and oxygen atoms in total. The smallest absolute Gasteiger partial charge is 0.0506 e. The first kappa shape index (κ1) is 15.5. The summed E-state index contributed by atoms with van der Waals surface area (Å²) in [5.41, 5.74) is 10.9. The van der Waals surface area contributed by atoms with Crippen molar-refractivity contribution >= 4 is 22.0 Å². The summed E-state index contributed by atoms with van der Waals surface area (Å²) in [7, 11) is 0. The van der Waals surface area contributed by atoms with E-state index >= 15 is 0 Å². The number of aryl methyl sites for hydroxylation is 1. The topological polar surface area (TPSA) is 12.0 Å². The van der Waals surface area contributed by atoms with Crippen LogP contribution in [0, 0.1) is 6.92 Å². The van der Waals surface area contributed by atoms with Crippen molar-refractivity contribution in [3.8, 4) is 11.1 Å². The number of hydrogen-bond donors (Lipinski definition) is 1.